The van der Waals surface area contributed by atoms with Crippen LogP contribution in [0.2, 0.25) is 0 Å². The summed E-state index contributed by atoms with van der Waals surface area (Å²) in [5, 5.41) is 0. The first-order valence-electron chi connectivity index (χ1n) is 13.9. The van der Waals surface area contributed by atoms with Gasteiger partial charge in [-0.2, -0.15) is 0 Å². The summed E-state index contributed by atoms with van der Waals surface area (Å²) in [7, 11) is 0. The Balaban J connectivity index is 1.25. The molecule has 42 heavy (non-hydrogen) atoms. The fraction of sp³-hybridized carbons (Fsp3) is 0. The molecule has 0 unspecified atom stereocenters. The molecule has 0 spiro atoms. The molecular weight excluding hydrogens is 512 g/mol. The summed E-state index contributed by atoms with van der Waals surface area (Å²) >= 11 is 0. The molecule has 0 N–H and O–H groups in total. The topological polar surface area (TPSA) is 51.6 Å². The zero-order chi connectivity index (χ0) is 28.1. The second-order valence-corrected chi connectivity index (χ2v) is 10.0. The summed E-state index contributed by atoms with van der Waals surface area (Å²) in [6.07, 6.45) is 3.67. The van der Waals surface area contributed by atoms with Crippen LogP contribution in [0, 0.1) is 0 Å². The van der Waals surface area contributed by atoms with Crippen LogP contribution < -0.4 is 0 Å². The summed E-state index contributed by atoms with van der Waals surface area (Å²) in [6, 6.07) is 49.8. The van der Waals surface area contributed by atoms with E-state index in [-0.39, 0.29) is 0 Å². The summed E-state index contributed by atoms with van der Waals surface area (Å²) < 4.78 is 0. The molecule has 0 amide bonds. The largest absolute Gasteiger partial charge is 0.264 e. The van der Waals surface area contributed by atoms with Crippen LogP contribution in [0.15, 0.2) is 158 Å². The molecule has 0 radical (unpaired) electrons. The van der Waals surface area contributed by atoms with Crippen LogP contribution in [-0.2, 0) is 0 Å². The lowest BCUT2D eigenvalue weighted by atomic mass is 10.00. The van der Waals surface area contributed by atoms with Gasteiger partial charge in [-0.1, -0.05) is 133 Å². The Morgan fingerprint density at radius 2 is 0.690 bits per heavy atom. The third kappa shape index (κ3) is 5.34. The lowest BCUT2D eigenvalue weighted by Crippen LogP contribution is -2.00. The maximum atomic E-state index is 4.95. The van der Waals surface area contributed by atoms with Crippen molar-refractivity contribution >= 4 is 0 Å². The molecule has 4 nitrogen and oxygen atoms in total. The van der Waals surface area contributed by atoms with E-state index < -0.39 is 0 Å². The van der Waals surface area contributed by atoms with Gasteiger partial charge >= 0.3 is 0 Å². The molecule has 0 aliphatic heterocycles. The zero-order valence-electron chi connectivity index (χ0n) is 22.8. The zero-order valence-corrected chi connectivity index (χ0v) is 22.8. The van der Waals surface area contributed by atoms with Crippen LogP contribution in [0.3, 0.4) is 0 Å². The smallest absolute Gasteiger partial charge is 0.164 e. The molecule has 0 atom stereocenters. The Morgan fingerprint density at radius 3 is 1.26 bits per heavy atom. The highest BCUT2D eigenvalue weighted by Gasteiger charge is 2.13. The first kappa shape index (κ1) is 25.2. The van der Waals surface area contributed by atoms with Gasteiger partial charge in [0.05, 0.1) is 0 Å². The molecule has 198 valence electrons. The SMILES string of the molecule is c1ccc(-c2cccc(-c3nc(-c4ccccc4)nc(-c4ccc(-c5ccc(-c6cccnc6)cc5)cc4)n3)c2)cc1. The molecule has 7 aromatic rings. The molecule has 7 rings (SSSR count). The van der Waals surface area contributed by atoms with Gasteiger partial charge in [0.25, 0.3) is 0 Å². The quantitative estimate of drug-likeness (QED) is 0.212. The number of rotatable bonds is 6. The highest BCUT2D eigenvalue weighted by atomic mass is 15.0. The summed E-state index contributed by atoms with van der Waals surface area (Å²) in [4.78, 5) is 19.0. The summed E-state index contributed by atoms with van der Waals surface area (Å²) in [5.74, 6) is 1.94. The highest BCUT2D eigenvalue weighted by Crippen LogP contribution is 2.30. The molecule has 2 heterocycles. The molecule has 0 fully saturated rings. The van der Waals surface area contributed by atoms with Crippen molar-refractivity contribution < 1.29 is 0 Å². The number of hydrogen-bond acceptors (Lipinski definition) is 4. The van der Waals surface area contributed by atoms with E-state index >= 15 is 0 Å². The predicted octanol–water partition coefficient (Wildman–Crippen LogP) is 9.27. The van der Waals surface area contributed by atoms with E-state index in [1.54, 1.807) is 6.20 Å². The van der Waals surface area contributed by atoms with Crippen molar-refractivity contribution in [3.8, 4) is 67.5 Å². The maximum absolute atomic E-state index is 4.95. The van der Waals surface area contributed by atoms with E-state index in [0.29, 0.717) is 17.5 Å². The summed E-state index contributed by atoms with van der Waals surface area (Å²) in [6.45, 7) is 0. The van der Waals surface area contributed by atoms with E-state index in [4.69, 9.17) is 15.0 Å². The van der Waals surface area contributed by atoms with Crippen LogP contribution in [0.25, 0.3) is 67.5 Å². The number of aromatic nitrogens is 4. The highest BCUT2D eigenvalue weighted by molar-refractivity contribution is 5.74. The number of nitrogens with zero attached hydrogens (tertiary/aromatic N) is 4. The fourth-order valence-electron chi connectivity index (χ4n) is 5.02. The van der Waals surface area contributed by atoms with Crippen LogP contribution in [-0.4, -0.2) is 19.9 Å². The van der Waals surface area contributed by atoms with Gasteiger partial charge in [-0.15, -0.1) is 0 Å². The molecule has 0 saturated heterocycles. The van der Waals surface area contributed by atoms with Crippen molar-refractivity contribution in [3.63, 3.8) is 0 Å². The van der Waals surface area contributed by atoms with Gasteiger partial charge in [-0.25, -0.2) is 15.0 Å². The normalized spacial score (nSPS) is 10.9. The van der Waals surface area contributed by atoms with Gasteiger partial charge in [0, 0.05) is 29.1 Å². The molecule has 0 saturated carbocycles. The van der Waals surface area contributed by atoms with Gasteiger partial charge < -0.3 is 0 Å². The Labute approximate surface area is 245 Å². The van der Waals surface area contributed by atoms with E-state index in [9.17, 15) is 0 Å². The van der Waals surface area contributed by atoms with Crippen molar-refractivity contribution in [1.82, 2.24) is 19.9 Å². The van der Waals surface area contributed by atoms with Gasteiger partial charge in [0.15, 0.2) is 17.5 Å². The average Bonchev–Trinajstić information content (AvgIpc) is 3.09. The van der Waals surface area contributed by atoms with Crippen molar-refractivity contribution in [2.75, 3.05) is 0 Å². The monoisotopic (exact) mass is 538 g/mol. The van der Waals surface area contributed by atoms with E-state index in [1.807, 2.05) is 48.7 Å². The fourth-order valence-corrected chi connectivity index (χ4v) is 5.02. The molecule has 2 aromatic heterocycles. The third-order valence-electron chi connectivity index (χ3n) is 7.25. The van der Waals surface area contributed by atoms with Crippen molar-refractivity contribution in [3.05, 3.63) is 158 Å². The minimum Gasteiger partial charge on any atom is -0.264 e. The Bertz CT molecular complexity index is 1940. The predicted molar refractivity (Wildman–Crippen MR) is 170 cm³/mol. The first-order chi connectivity index (χ1) is 20.8. The van der Waals surface area contributed by atoms with Crippen LogP contribution >= 0.6 is 0 Å². The Morgan fingerprint density at radius 1 is 0.286 bits per heavy atom. The van der Waals surface area contributed by atoms with Gasteiger partial charge in [0.2, 0.25) is 0 Å². The maximum Gasteiger partial charge on any atom is 0.164 e. The van der Waals surface area contributed by atoms with E-state index in [0.717, 1.165) is 50.1 Å². The molecule has 0 bridgehead atoms. The second kappa shape index (κ2) is 11.4. The van der Waals surface area contributed by atoms with Crippen molar-refractivity contribution in [2.45, 2.75) is 0 Å². The van der Waals surface area contributed by atoms with Gasteiger partial charge in [-0.3, -0.25) is 4.98 Å². The Hall–Kier alpha value is -5.74. The van der Waals surface area contributed by atoms with Crippen molar-refractivity contribution in [1.29, 1.82) is 0 Å². The standard InChI is InChI=1S/C38H26N4/c1-3-9-27(10-4-1)33-13-7-14-34(25-33)38-41-36(31-11-5-2-6-12-31)40-37(42-38)32-22-20-29(21-23-32)28-16-18-30(19-17-28)35-15-8-24-39-26-35/h1-26H. The van der Waals surface area contributed by atoms with E-state index in [2.05, 4.69) is 108 Å². The molecule has 0 aliphatic carbocycles. The second-order valence-electron chi connectivity index (χ2n) is 10.0. The van der Waals surface area contributed by atoms with Crippen LogP contribution in [0.1, 0.15) is 0 Å². The minimum atomic E-state index is 0.641. The number of pyridine rings is 1. The number of benzene rings is 5. The third-order valence-corrected chi connectivity index (χ3v) is 7.25. The number of hydrogen-bond donors (Lipinski definition) is 0. The van der Waals surface area contributed by atoms with Crippen molar-refractivity contribution in [2.24, 2.45) is 0 Å². The Kier molecular flexibility index (Phi) is 6.85. The molecule has 4 heteroatoms. The average molecular weight is 539 g/mol. The van der Waals surface area contributed by atoms with Gasteiger partial charge in [0.1, 0.15) is 0 Å². The first-order valence-corrected chi connectivity index (χ1v) is 13.9. The van der Waals surface area contributed by atoms with E-state index in [1.165, 1.54) is 0 Å². The van der Waals surface area contributed by atoms with Gasteiger partial charge in [-0.05, 0) is 45.5 Å². The van der Waals surface area contributed by atoms with Crippen LogP contribution in [0.4, 0.5) is 0 Å². The molecule has 0 aliphatic rings. The molecular formula is C38H26N4. The minimum absolute atomic E-state index is 0.641. The lowest BCUT2D eigenvalue weighted by Gasteiger charge is -2.10. The summed E-state index contributed by atoms with van der Waals surface area (Å²) in [5.41, 5.74) is 9.63. The molecule has 5 aromatic carbocycles. The lowest BCUT2D eigenvalue weighted by molar-refractivity contribution is 1.07. The van der Waals surface area contributed by atoms with Crippen LogP contribution in [0.5, 0.6) is 0 Å².